The largest absolute Gasteiger partial charge is 0.310 e. The highest BCUT2D eigenvalue weighted by Crippen LogP contribution is 2.39. The minimum absolute atomic E-state index is 0.0783. The Bertz CT molecular complexity index is 449. The molecule has 1 aromatic rings. The molecule has 1 saturated carbocycles. The van der Waals surface area contributed by atoms with Gasteiger partial charge in [-0.05, 0) is 55.8 Å². The fourth-order valence-electron chi connectivity index (χ4n) is 3.59. The molecule has 3 heteroatoms. The second-order valence-corrected chi connectivity index (χ2v) is 7.21. The summed E-state index contributed by atoms with van der Waals surface area (Å²) in [5, 5.41) is 3.61. The summed E-state index contributed by atoms with van der Waals surface area (Å²) in [6.45, 7) is 5.39. The molecule has 0 aromatic heterocycles. The standard InChI is InChI=1S/C18H27BrFN/c1-3-10-21-18(14-7-5-6-13(4-2)11-14)16-12-15(19)8-9-17(16)20/h8-9,12-14,18,21H,3-7,10-11H2,1-2H3. The zero-order valence-corrected chi connectivity index (χ0v) is 14.8. The molecule has 118 valence electrons. The number of halogens is 2. The second-order valence-electron chi connectivity index (χ2n) is 6.30. The molecule has 0 radical (unpaired) electrons. The van der Waals surface area contributed by atoms with Crippen LogP contribution in [0.15, 0.2) is 22.7 Å². The lowest BCUT2D eigenvalue weighted by molar-refractivity contribution is 0.207. The van der Waals surface area contributed by atoms with E-state index in [1.807, 2.05) is 6.07 Å². The van der Waals surface area contributed by atoms with Crippen LogP contribution >= 0.6 is 15.9 Å². The highest BCUT2D eigenvalue weighted by atomic mass is 79.9. The first kappa shape index (κ1) is 17.0. The molecule has 2 rings (SSSR count). The van der Waals surface area contributed by atoms with Gasteiger partial charge < -0.3 is 5.32 Å². The number of hydrogen-bond acceptors (Lipinski definition) is 1. The quantitative estimate of drug-likeness (QED) is 0.675. The van der Waals surface area contributed by atoms with Crippen molar-refractivity contribution in [3.05, 3.63) is 34.1 Å². The molecule has 1 N–H and O–H groups in total. The van der Waals surface area contributed by atoms with Crippen molar-refractivity contribution in [3.8, 4) is 0 Å². The van der Waals surface area contributed by atoms with E-state index in [-0.39, 0.29) is 11.9 Å². The van der Waals surface area contributed by atoms with Crippen LogP contribution in [0.5, 0.6) is 0 Å². The molecule has 21 heavy (non-hydrogen) atoms. The Morgan fingerprint density at radius 1 is 1.33 bits per heavy atom. The van der Waals surface area contributed by atoms with Gasteiger partial charge in [-0.3, -0.25) is 0 Å². The maximum atomic E-state index is 14.3. The van der Waals surface area contributed by atoms with Crippen LogP contribution in [0.4, 0.5) is 4.39 Å². The van der Waals surface area contributed by atoms with E-state index in [0.717, 1.165) is 28.9 Å². The monoisotopic (exact) mass is 355 g/mol. The molecule has 1 fully saturated rings. The van der Waals surface area contributed by atoms with Crippen molar-refractivity contribution in [2.45, 2.75) is 58.4 Å². The van der Waals surface area contributed by atoms with Crippen molar-refractivity contribution < 1.29 is 4.39 Å². The average molecular weight is 356 g/mol. The zero-order chi connectivity index (χ0) is 15.2. The van der Waals surface area contributed by atoms with E-state index in [2.05, 4.69) is 35.1 Å². The first-order valence-electron chi connectivity index (χ1n) is 8.34. The van der Waals surface area contributed by atoms with Crippen LogP contribution in [0.25, 0.3) is 0 Å². The molecular weight excluding hydrogens is 329 g/mol. The summed E-state index contributed by atoms with van der Waals surface area (Å²) in [6, 6.07) is 5.47. The van der Waals surface area contributed by atoms with Crippen molar-refractivity contribution in [1.82, 2.24) is 5.32 Å². The lowest BCUT2D eigenvalue weighted by atomic mass is 9.75. The first-order chi connectivity index (χ1) is 10.2. The third-order valence-electron chi connectivity index (χ3n) is 4.78. The van der Waals surface area contributed by atoms with E-state index >= 15 is 0 Å². The van der Waals surface area contributed by atoms with Crippen LogP contribution in [0.3, 0.4) is 0 Å². The van der Waals surface area contributed by atoms with Gasteiger partial charge in [-0.25, -0.2) is 4.39 Å². The van der Waals surface area contributed by atoms with E-state index in [9.17, 15) is 4.39 Å². The highest BCUT2D eigenvalue weighted by molar-refractivity contribution is 9.10. The maximum Gasteiger partial charge on any atom is 0.128 e. The number of nitrogens with one attached hydrogen (secondary N) is 1. The lowest BCUT2D eigenvalue weighted by Gasteiger charge is -2.35. The summed E-state index contributed by atoms with van der Waals surface area (Å²) in [5.74, 6) is 1.29. The third kappa shape index (κ3) is 4.53. The van der Waals surface area contributed by atoms with Gasteiger partial charge >= 0.3 is 0 Å². The van der Waals surface area contributed by atoms with Crippen LogP contribution in [-0.2, 0) is 0 Å². The molecule has 1 aliphatic carbocycles. The Kier molecular flexibility index (Phi) is 6.69. The van der Waals surface area contributed by atoms with Gasteiger partial charge in [0, 0.05) is 16.1 Å². The summed E-state index contributed by atoms with van der Waals surface area (Å²) < 4.78 is 15.3. The topological polar surface area (TPSA) is 12.0 Å². The van der Waals surface area contributed by atoms with Gasteiger partial charge in [0.25, 0.3) is 0 Å². The fourth-order valence-corrected chi connectivity index (χ4v) is 3.97. The number of rotatable bonds is 6. The van der Waals surface area contributed by atoms with Crippen molar-refractivity contribution in [3.63, 3.8) is 0 Å². The summed E-state index contributed by atoms with van der Waals surface area (Å²) in [6.07, 6.45) is 7.39. The van der Waals surface area contributed by atoms with Gasteiger partial charge in [-0.15, -0.1) is 0 Å². The molecule has 0 bridgehead atoms. The zero-order valence-electron chi connectivity index (χ0n) is 13.2. The smallest absolute Gasteiger partial charge is 0.128 e. The minimum atomic E-state index is -0.0783. The average Bonchev–Trinajstić information content (AvgIpc) is 2.51. The molecule has 3 unspecified atom stereocenters. The van der Waals surface area contributed by atoms with Gasteiger partial charge in [0.2, 0.25) is 0 Å². The predicted molar refractivity (Wildman–Crippen MR) is 90.9 cm³/mol. The molecule has 3 atom stereocenters. The van der Waals surface area contributed by atoms with Crippen LogP contribution in [0.2, 0.25) is 0 Å². The molecule has 1 aromatic carbocycles. The molecule has 0 aliphatic heterocycles. The van der Waals surface area contributed by atoms with Crippen LogP contribution in [-0.4, -0.2) is 6.54 Å². The maximum absolute atomic E-state index is 14.3. The van der Waals surface area contributed by atoms with E-state index < -0.39 is 0 Å². The minimum Gasteiger partial charge on any atom is -0.310 e. The van der Waals surface area contributed by atoms with Gasteiger partial charge in [-0.1, -0.05) is 49.0 Å². The fraction of sp³-hybridized carbons (Fsp3) is 0.667. The molecule has 0 saturated heterocycles. The molecule has 0 amide bonds. The van der Waals surface area contributed by atoms with Gasteiger partial charge in [0.15, 0.2) is 0 Å². The third-order valence-corrected chi connectivity index (χ3v) is 5.27. The molecule has 0 spiro atoms. The SMILES string of the molecule is CCCNC(c1cc(Br)ccc1F)C1CCCC(CC)C1. The summed E-state index contributed by atoms with van der Waals surface area (Å²) in [5.41, 5.74) is 0.833. The molecule has 1 aliphatic rings. The Balaban J connectivity index is 2.22. The van der Waals surface area contributed by atoms with Crippen molar-refractivity contribution >= 4 is 15.9 Å². The first-order valence-corrected chi connectivity index (χ1v) is 9.13. The van der Waals surface area contributed by atoms with E-state index in [1.165, 1.54) is 32.1 Å². The summed E-state index contributed by atoms with van der Waals surface area (Å²) >= 11 is 3.49. The summed E-state index contributed by atoms with van der Waals surface area (Å²) in [7, 11) is 0. The molecule has 0 heterocycles. The number of hydrogen-bond donors (Lipinski definition) is 1. The highest BCUT2D eigenvalue weighted by Gasteiger charge is 2.30. The molecule has 1 nitrogen and oxygen atoms in total. The molecular formula is C18H27BrFN. The second kappa shape index (κ2) is 8.28. The Labute approximate surface area is 136 Å². The van der Waals surface area contributed by atoms with Crippen molar-refractivity contribution in [2.75, 3.05) is 6.54 Å². The van der Waals surface area contributed by atoms with Gasteiger partial charge in [0.05, 0.1) is 0 Å². The van der Waals surface area contributed by atoms with Crippen LogP contribution in [0.1, 0.15) is 64.0 Å². The Morgan fingerprint density at radius 2 is 2.14 bits per heavy atom. The Morgan fingerprint density at radius 3 is 2.86 bits per heavy atom. The normalized spacial score (nSPS) is 24.0. The predicted octanol–water partition coefficient (Wildman–Crippen LogP) is 5.85. The van der Waals surface area contributed by atoms with Crippen LogP contribution < -0.4 is 5.32 Å². The van der Waals surface area contributed by atoms with E-state index in [4.69, 9.17) is 0 Å². The van der Waals surface area contributed by atoms with Gasteiger partial charge in [0.1, 0.15) is 5.82 Å². The van der Waals surface area contributed by atoms with Gasteiger partial charge in [-0.2, -0.15) is 0 Å². The number of benzene rings is 1. The lowest BCUT2D eigenvalue weighted by Crippen LogP contribution is -2.32. The van der Waals surface area contributed by atoms with Crippen molar-refractivity contribution in [1.29, 1.82) is 0 Å². The summed E-state index contributed by atoms with van der Waals surface area (Å²) in [4.78, 5) is 0. The van der Waals surface area contributed by atoms with E-state index in [0.29, 0.717) is 5.92 Å². The van der Waals surface area contributed by atoms with E-state index in [1.54, 1.807) is 12.1 Å². The van der Waals surface area contributed by atoms with Crippen molar-refractivity contribution in [2.24, 2.45) is 11.8 Å². The van der Waals surface area contributed by atoms with Crippen LogP contribution in [0, 0.1) is 17.7 Å². The Hall–Kier alpha value is -0.410.